The van der Waals surface area contributed by atoms with Gasteiger partial charge < -0.3 is 5.73 Å². The number of nitrogens with zero attached hydrogens (tertiary/aromatic N) is 2. The lowest BCUT2D eigenvalue weighted by Gasteiger charge is -2.11. The van der Waals surface area contributed by atoms with Gasteiger partial charge in [0.1, 0.15) is 9.88 Å². The van der Waals surface area contributed by atoms with Crippen LogP contribution in [0.15, 0.2) is 6.20 Å². The molecule has 2 heterocycles. The Hall–Kier alpha value is -0.940. The molecule has 1 aliphatic rings. The van der Waals surface area contributed by atoms with E-state index in [1.165, 1.54) is 24.2 Å². The fourth-order valence-corrected chi connectivity index (χ4v) is 2.44. The van der Waals surface area contributed by atoms with E-state index in [0.717, 1.165) is 24.6 Å². The van der Waals surface area contributed by atoms with E-state index in [9.17, 15) is 4.79 Å². The molecule has 1 aromatic rings. The summed E-state index contributed by atoms with van der Waals surface area (Å²) in [5.74, 6) is -0.379. The summed E-state index contributed by atoms with van der Waals surface area (Å²) in [7, 11) is 0. The average Bonchev–Trinajstić information content (AvgIpc) is 2.75. The van der Waals surface area contributed by atoms with Crippen LogP contribution in [-0.4, -0.2) is 28.9 Å². The molecule has 4 nitrogen and oxygen atoms in total. The molecule has 0 radical (unpaired) electrons. The molecule has 0 aromatic carbocycles. The molecule has 2 rings (SSSR count). The molecule has 5 heteroatoms. The largest absolute Gasteiger partial charge is 0.365 e. The first kappa shape index (κ1) is 9.61. The van der Waals surface area contributed by atoms with Gasteiger partial charge in [-0.3, -0.25) is 9.69 Å². The third-order valence-electron chi connectivity index (χ3n) is 2.35. The van der Waals surface area contributed by atoms with Crippen LogP contribution in [0.2, 0.25) is 0 Å². The summed E-state index contributed by atoms with van der Waals surface area (Å²) in [6, 6.07) is 0. The summed E-state index contributed by atoms with van der Waals surface area (Å²) in [5, 5.41) is 0.987. The quantitative estimate of drug-likeness (QED) is 0.806. The van der Waals surface area contributed by atoms with Crippen molar-refractivity contribution < 1.29 is 4.79 Å². The van der Waals surface area contributed by atoms with Crippen LogP contribution in [0, 0.1) is 0 Å². The Bertz CT molecular complexity index is 331. The second-order valence-electron chi connectivity index (χ2n) is 3.47. The van der Waals surface area contributed by atoms with Gasteiger partial charge >= 0.3 is 0 Å². The van der Waals surface area contributed by atoms with Crippen LogP contribution in [0.1, 0.15) is 27.5 Å². The topological polar surface area (TPSA) is 59.2 Å². The van der Waals surface area contributed by atoms with Gasteiger partial charge in [-0.2, -0.15) is 0 Å². The molecule has 1 fully saturated rings. The number of carbonyl (C=O) groups excluding carboxylic acids is 1. The first-order valence-corrected chi connectivity index (χ1v) is 5.54. The van der Waals surface area contributed by atoms with Crippen LogP contribution >= 0.6 is 11.3 Å². The van der Waals surface area contributed by atoms with Crippen molar-refractivity contribution in [3.8, 4) is 0 Å². The second-order valence-corrected chi connectivity index (χ2v) is 4.58. The first-order valence-electron chi connectivity index (χ1n) is 4.72. The van der Waals surface area contributed by atoms with Gasteiger partial charge in [0.25, 0.3) is 5.91 Å². The van der Waals surface area contributed by atoms with Crippen molar-refractivity contribution in [3.63, 3.8) is 0 Å². The molecule has 0 saturated carbocycles. The van der Waals surface area contributed by atoms with Crippen LogP contribution in [-0.2, 0) is 6.54 Å². The lowest BCUT2D eigenvalue weighted by Crippen LogP contribution is -2.18. The normalized spacial score (nSPS) is 17.4. The van der Waals surface area contributed by atoms with E-state index < -0.39 is 0 Å². The molecule has 0 bridgehead atoms. The molecule has 76 valence electrons. The molecule has 2 N–H and O–H groups in total. The zero-order valence-electron chi connectivity index (χ0n) is 7.90. The predicted octanol–water partition coefficient (Wildman–Crippen LogP) is 0.838. The molecule has 1 saturated heterocycles. The maximum Gasteiger partial charge on any atom is 0.260 e. The summed E-state index contributed by atoms with van der Waals surface area (Å²) in [5.41, 5.74) is 5.15. The summed E-state index contributed by atoms with van der Waals surface area (Å²) in [6.45, 7) is 3.15. The summed E-state index contributed by atoms with van der Waals surface area (Å²) in [4.78, 5) is 17.9. The Morgan fingerprint density at radius 1 is 1.57 bits per heavy atom. The molecule has 0 unspecified atom stereocenters. The van der Waals surface area contributed by atoms with Crippen molar-refractivity contribution in [3.05, 3.63) is 16.1 Å². The monoisotopic (exact) mass is 211 g/mol. The minimum atomic E-state index is -0.379. The summed E-state index contributed by atoms with van der Waals surface area (Å²) >= 11 is 1.40. The van der Waals surface area contributed by atoms with Gasteiger partial charge in [-0.15, -0.1) is 11.3 Å². The van der Waals surface area contributed by atoms with Crippen LogP contribution in [0.5, 0.6) is 0 Å². The number of amides is 1. The highest BCUT2D eigenvalue weighted by atomic mass is 32.1. The number of hydrogen-bond acceptors (Lipinski definition) is 4. The number of likely N-dealkylation sites (tertiary alicyclic amines) is 1. The molecule has 1 aromatic heterocycles. The zero-order chi connectivity index (χ0) is 9.97. The highest BCUT2D eigenvalue weighted by Gasteiger charge is 2.14. The highest BCUT2D eigenvalue weighted by molar-refractivity contribution is 7.13. The van der Waals surface area contributed by atoms with Crippen molar-refractivity contribution in [1.29, 1.82) is 0 Å². The Kier molecular flexibility index (Phi) is 2.79. The van der Waals surface area contributed by atoms with Gasteiger partial charge in [-0.05, 0) is 25.9 Å². The molecule has 0 spiro atoms. The van der Waals surface area contributed by atoms with E-state index in [2.05, 4.69) is 9.88 Å². The van der Waals surface area contributed by atoms with Crippen molar-refractivity contribution in [2.45, 2.75) is 19.4 Å². The van der Waals surface area contributed by atoms with Crippen LogP contribution < -0.4 is 5.73 Å². The lowest BCUT2D eigenvalue weighted by atomic mass is 10.4. The predicted molar refractivity (Wildman–Crippen MR) is 55.1 cm³/mol. The van der Waals surface area contributed by atoms with Crippen molar-refractivity contribution in [2.24, 2.45) is 5.73 Å². The maximum atomic E-state index is 10.8. The number of nitrogens with two attached hydrogens (primary N) is 1. The van der Waals surface area contributed by atoms with Crippen LogP contribution in [0.25, 0.3) is 0 Å². The third-order valence-corrected chi connectivity index (χ3v) is 3.35. The van der Waals surface area contributed by atoms with Crippen LogP contribution in [0.3, 0.4) is 0 Å². The summed E-state index contributed by atoms with van der Waals surface area (Å²) < 4.78 is 0. The Labute approximate surface area is 86.7 Å². The number of primary amides is 1. The molecular weight excluding hydrogens is 198 g/mol. The number of rotatable bonds is 3. The minimum Gasteiger partial charge on any atom is -0.365 e. The smallest absolute Gasteiger partial charge is 0.260 e. The number of thiazole rings is 1. The Morgan fingerprint density at radius 3 is 2.86 bits per heavy atom. The highest BCUT2D eigenvalue weighted by Crippen LogP contribution is 2.17. The van der Waals surface area contributed by atoms with E-state index in [1.807, 2.05) is 0 Å². The zero-order valence-corrected chi connectivity index (χ0v) is 8.72. The molecule has 1 aliphatic heterocycles. The molecule has 1 amide bonds. The summed E-state index contributed by atoms with van der Waals surface area (Å²) in [6.07, 6.45) is 4.11. The SMILES string of the molecule is NC(=O)c1cnc(CN2CCCC2)s1. The molecule has 0 atom stereocenters. The molecule has 0 aliphatic carbocycles. The second kappa shape index (κ2) is 4.06. The minimum absolute atomic E-state index is 0.379. The Morgan fingerprint density at radius 2 is 2.29 bits per heavy atom. The fourth-order valence-electron chi connectivity index (χ4n) is 1.63. The van der Waals surface area contributed by atoms with Gasteiger partial charge in [0.15, 0.2) is 0 Å². The van der Waals surface area contributed by atoms with Gasteiger partial charge in [0.2, 0.25) is 0 Å². The van der Waals surface area contributed by atoms with Gasteiger partial charge in [-0.1, -0.05) is 0 Å². The van der Waals surface area contributed by atoms with Gasteiger partial charge in [0.05, 0.1) is 12.7 Å². The van der Waals surface area contributed by atoms with E-state index in [4.69, 9.17) is 5.73 Å². The Balaban J connectivity index is 1.98. The third kappa shape index (κ3) is 2.10. The average molecular weight is 211 g/mol. The van der Waals surface area contributed by atoms with E-state index in [0.29, 0.717) is 4.88 Å². The van der Waals surface area contributed by atoms with Crippen molar-refractivity contribution in [1.82, 2.24) is 9.88 Å². The van der Waals surface area contributed by atoms with E-state index in [-0.39, 0.29) is 5.91 Å². The number of hydrogen-bond donors (Lipinski definition) is 1. The fraction of sp³-hybridized carbons (Fsp3) is 0.556. The van der Waals surface area contributed by atoms with Crippen molar-refractivity contribution >= 4 is 17.2 Å². The standard InChI is InChI=1S/C9H13N3OS/c10-9(13)7-5-11-8(14-7)6-12-3-1-2-4-12/h5H,1-4,6H2,(H2,10,13). The van der Waals surface area contributed by atoms with Gasteiger partial charge in [-0.25, -0.2) is 4.98 Å². The number of aromatic nitrogens is 1. The van der Waals surface area contributed by atoms with Crippen LogP contribution in [0.4, 0.5) is 0 Å². The van der Waals surface area contributed by atoms with Gasteiger partial charge in [0, 0.05) is 0 Å². The number of carbonyl (C=O) groups is 1. The van der Waals surface area contributed by atoms with Crippen molar-refractivity contribution in [2.75, 3.05) is 13.1 Å². The molecular formula is C9H13N3OS. The van der Waals surface area contributed by atoms with E-state index >= 15 is 0 Å². The first-order chi connectivity index (χ1) is 6.75. The maximum absolute atomic E-state index is 10.8. The van der Waals surface area contributed by atoms with E-state index in [1.54, 1.807) is 6.20 Å². The molecule has 14 heavy (non-hydrogen) atoms. The lowest BCUT2D eigenvalue weighted by molar-refractivity contribution is 0.100.